The van der Waals surface area contributed by atoms with E-state index in [-0.39, 0.29) is 17.7 Å². The molecule has 1 heterocycles. The summed E-state index contributed by atoms with van der Waals surface area (Å²) < 4.78 is 12.4. The van der Waals surface area contributed by atoms with Crippen LogP contribution in [-0.2, 0) is 0 Å². The Labute approximate surface area is 176 Å². The smallest absolute Gasteiger partial charge is 0.270 e. The molecule has 7 nitrogen and oxygen atoms in total. The number of hydrogen-bond donors (Lipinski definition) is 0. The van der Waals surface area contributed by atoms with Crippen molar-refractivity contribution in [1.29, 1.82) is 0 Å². The first-order valence-electron chi connectivity index (χ1n) is 9.11. The molecule has 0 unspecified atom stereocenters. The number of nitro groups is 1. The number of halogens is 1. The van der Waals surface area contributed by atoms with Crippen LogP contribution in [0.1, 0.15) is 30.1 Å². The molecule has 0 bridgehead atoms. The van der Waals surface area contributed by atoms with Gasteiger partial charge < -0.3 is 14.4 Å². The second kappa shape index (κ2) is 9.22. The van der Waals surface area contributed by atoms with E-state index in [2.05, 4.69) is 0 Å². The second-order valence-corrected chi connectivity index (χ2v) is 7.57. The zero-order valence-corrected chi connectivity index (χ0v) is 17.6. The van der Waals surface area contributed by atoms with Crippen molar-refractivity contribution < 1.29 is 19.2 Å². The maximum Gasteiger partial charge on any atom is 0.270 e. The van der Waals surface area contributed by atoms with Crippen LogP contribution in [0.4, 0.5) is 5.69 Å². The van der Waals surface area contributed by atoms with E-state index < -0.39 is 4.92 Å². The molecule has 2 aromatic rings. The van der Waals surface area contributed by atoms with Crippen molar-refractivity contribution in [1.82, 2.24) is 4.90 Å². The maximum atomic E-state index is 12.8. The summed E-state index contributed by atoms with van der Waals surface area (Å²) in [6.07, 6.45) is 1.38. The van der Waals surface area contributed by atoms with Crippen LogP contribution >= 0.6 is 22.6 Å². The third-order valence-electron chi connectivity index (χ3n) is 4.56. The van der Waals surface area contributed by atoms with Gasteiger partial charge in [-0.2, -0.15) is 0 Å². The minimum absolute atomic E-state index is 0.00478. The van der Waals surface area contributed by atoms with E-state index in [0.29, 0.717) is 47.4 Å². The molecule has 3 rings (SSSR count). The van der Waals surface area contributed by atoms with Crippen LogP contribution in [0.15, 0.2) is 42.5 Å². The van der Waals surface area contributed by atoms with Crippen molar-refractivity contribution in [2.45, 2.75) is 25.9 Å². The molecule has 1 aliphatic heterocycles. The number of nitrogens with zero attached hydrogens (tertiary/aromatic N) is 2. The first kappa shape index (κ1) is 20.4. The molecule has 2 aromatic carbocycles. The minimum atomic E-state index is -0.483. The molecule has 1 fully saturated rings. The Morgan fingerprint density at radius 2 is 1.89 bits per heavy atom. The van der Waals surface area contributed by atoms with Crippen molar-refractivity contribution >= 4 is 34.2 Å². The summed E-state index contributed by atoms with van der Waals surface area (Å²) in [5.74, 6) is 1.25. The number of nitro benzene ring substituents is 1. The molecule has 1 saturated heterocycles. The van der Waals surface area contributed by atoms with Crippen LogP contribution in [0.3, 0.4) is 0 Å². The highest BCUT2D eigenvalue weighted by Gasteiger charge is 2.27. The van der Waals surface area contributed by atoms with E-state index >= 15 is 0 Å². The quantitative estimate of drug-likeness (QED) is 0.339. The van der Waals surface area contributed by atoms with Crippen LogP contribution in [0.5, 0.6) is 11.5 Å². The predicted octanol–water partition coefficient (Wildman–Crippen LogP) is 4.28. The number of amides is 1. The minimum Gasteiger partial charge on any atom is -0.490 e. The first-order chi connectivity index (χ1) is 13.5. The Morgan fingerprint density at radius 3 is 2.54 bits per heavy atom. The Bertz CT molecular complexity index is 865. The highest BCUT2D eigenvalue weighted by Crippen LogP contribution is 2.30. The van der Waals surface area contributed by atoms with Gasteiger partial charge >= 0.3 is 0 Å². The van der Waals surface area contributed by atoms with Crippen LogP contribution in [-0.4, -0.2) is 41.5 Å². The number of piperidine rings is 1. The van der Waals surface area contributed by atoms with Gasteiger partial charge in [-0.3, -0.25) is 14.9 Å². The number of non-ortho nitro benzene ring substituents is 1. The predicted molar refractivity (Wildman–Crippen MR) is 113 cm³/mol. The number of hydrogen-bond acceptors (Lipinski definition) is 5. The molecule has 0 radical (unpaired) electrons. The molecule has 148 valence electrons. The number of para-hydroxylation sites is 2. The highest BCUT2D eigenvalue weighted by molar-refractivity contribution is 14.1. The summed E-state index contributed by atoms with van der Waals surface area (Å²) >= 11 is 2.03. The van der Waals surface area contributed by atoms with Gasteiger partial charge in [-0.1, -0.05) is 12.1 Å². The second-order valence-electron chi connectivity index (χ2n) is 6.41. The van der Waals surface area contributed by atoms with Crippen LogP contribution < -0.4 is 9.47 Å². The van der Waals surface area contributed by atoms with E-state index in [9.17, 15) is 14.9 Å². The normalized spacial score (nSPS) is 14.6. The van der Waals surface area contributed by atoms with Gasteiger partial charge in [0.15, 0.2) is 11.5 Å². The molecule has 0 aliphatic carbocycles. The summed E-state index contributed by atoms with van der Waals surface area (Å²) in [4.78, 5) is 25.1. The average Bonchev–Trinajstić information content (AvgIpc) is 2.70. The number of likely N-dealkylation sites (tertiary alicyclic amines) is 1. The van der Waals surface area contributed by atoms with Crippen molar-refractivity contribution in [3.8, 4) is 11.5 Å². The third kappa shape index (κ3) is 4.73. The zero-order chi connectivity index (χ0) is 20.1. The molecule has 28 heavy (non-hydrogen) atoms. The van der Waals surface area contributed by atoms with Gasteiger partial charge in [0, 0.05) is 41.6 Å². The van der Waals surface area contributed by atoms with Crippen LogP contribution in [0, 0.1) is 13.7 Å². The van der Waals surface area contributed by atoms with Crippen molar-refractivity contribution in [2.24, 2.45) is 0 Å². The van der Waals surface area contributed by atoms with Gasteiger partial charge in [0.05, 0.1) is 17.1 Å². The van der Waals surface area contributed by atoms with Gasteiger partial charge in [0.1, 0.15) is 6.10 Å². The van der Waals surface area contributed by atoms with Crippen LogP contribution in [0.2, 0.25) is 0 Å². The summed E-state index contributed by atoms with van der Waals surface area (Å²) in [6.45, 7) is 3.57. The monoisotopic (exact) mass is 496 g/mol. The molecular weight excluding hydrogens is 475 g/mol. The van der Waals surface area contributed by atoms with E-state index in [4.69, 9.17) is 9.47 Å². The molecule has 1 aliphatic rings. The Kier molecular flexibility index (Phi) is 6.71. The molecule has 0 aromatic heterocycles. The average molecular weight is 496 g/mol. The SMILES string of the molecule is CCOc1ccccc1OC1CCN(C(=O)c2cc([N+](=O)[O-])ccc2I)CC1. The molecular formula is C20H21IN2O5. The van der Waals surface area contributed by atoms with E-state index in [1.54, 1.807) is 11.0 Å². The van der Waals surface area contributed by atoms with Crippen molar-refractivity contribution in [2.75, 3.05) is 19.7 Å². The summed E-state index contributed by atoms with van der Waals surface area (Å²) in [7, 11) is 0. The zero-order valence-electron chi connectivity index (χ0n) is 15.5. The largest absolute Gasteiger partial charge is 0.490 e. The summed E-state index contributed by atoms with van der Waals surface area (Å²) in [6, 6.07) is 11.9. The Balaban J connectivity index is 1.64. The maximum absolute atomic E-state index is 12.8. The molecule has 8 heteroatoms. The fourth-order valence-corrected chi connectivity index (χ4v) is 3.71. The number of rotatable bonds is 6. The van der Waals surface area contributed by atoms with Crippen molar-refractivity contribution in [3.05, 3.63) is 61.7 Å². The van der Waals surface area contributed by atoms with Gasteiger partial charge in [-0.15, -0.1) is 0 Å². The van der Waals surface area contributed by atoms with Crippen LogP contribution in [0.25, 0.3) is 0 Å². The lowest BCUT2D eigenvalue weighted by Crippen LogP contribution is -2.42. The number of benzene rings is 2. The molecule has 1 amide bonds. The summed E-state index contributed by atoms with van der Waals surface area (Å²) in [5.41, 5.74) is 0.297. The standard InChI is InChI=1S/C20H21IN2O5/c1-2-27-18-5-3-4-6-19(18)28-15-9-11-22(12-10-15)20(24)16-13-14(23(25)26)7-8-17(16)21/h3-8,13,15H,2,9-12H2,1H3. The molecule has 0 spiro atoms. The third-order valence-corrected chi connectivity index (χ3v) is 5.50. The fraction of sp³-hybridized carbons (Fsp3) is 0.350. The number of carbonyl (C=O) groups excluding carboxylic acids is 1. The van der Waals surface area contributed by atoms with E-state index in [0.717, 1.165) is 5.75 Å². The van der Waals surface area contributed by atoms with E-state index in [1.165, 1.54) is 12.1 Å². The highest BCUT2D eigenvalue weighted by atomic mass is 127. The summed E-state index contributed by atoms with van der Waals surface area (Å²) in [5, 5.41) is 11.0. The lowest BCUT2D eigenvalue weighted by molar-refractivity contribution is -0.384. The molecule has 0 saturated carbocycles. The number of ether oxygens (including phenoxy) is 2. The van der Waals surface area contributed by atoms with Gasteiger partial charge in [0.2, 0.25) is 0 Å². The number of carbonyl (C=O) groups is 1. The topological polar surface area (TPSA) is 81.9 Å². The van der Waals surface area contributed by atoms with E-state index in [1.807, 2.05) is 53.8 Å². The first-order valence-corrected chi connectivity index (χ1v) is 10.2. The molecule has 0 atom stereocenters. The van der Waals surface area contributed by atoms with Gasteiger partial charge in [0.25, 0.3) is 11.6 Å². The Hall–Kier alpha value is -2.36. The lowest BCUT2D eigenvalue weighted by atomic mass is 10.1. The fourth-order valence-electron chi connectivity index (χ4n) is 3.14. The van der Waals surface area contributed by atoms with Gasteiger partial charge in [-0.25, -0.2) is 0 Å². The lowest BCUT2D eigenvalue weighted by Gasteiger charge is -2.32. The van der Waals surface area contributed by atoms with Gasteiger partial charge in [-0.05, 0) is 47.7 Å². The Morgan fingerprint density at radius 1 is 1.21 bits per heavy atom. The van der Waals surface area contributed by atoms with Crippen molar-refractivity contribution in [3.63, 3.8) is 0 Å². The molecule has 0 N–H and O–H groups in total.